The lowest BCUT2D eigenvalue weighted by molar-refractivity contribution is 0.0946. The Morgan fingerprint density at radius 1 is 1.23 bits per heavy atom. The average Bonchev–Trinajstić information content (AvgIpc) is 3.29. The topological polar surface area (TPSA) is 91.2 Å². The van der Waals surface area contributed by atoms with Gasteiger partial charge in [-0.1, -0.05) is 0 Å². The molecule has 6 rings (SSSR count). The summed E-state index contributed by atoms with van der Waals surface area (Å²) in [6.45, 7) is 0.714. The number of hydrogen-bond donors (Lipinski definition) is 2. The van der Waals surface area contributed by atoms with E-state index < -0.39 is 0 Å². The normalized spacial score (nSPS) is 18.2. The summed E-state index contributed by atoms with van der Waals surface area (Å²) in [5.74, 6) is -0.465. The van der Waals surface area contributed by atoms with Gasteiger partial charge >= 0.3 is 0 Å². The fourth-order valence-electron chi connectivity index (χ4n) is 4.17. The minimum absolute atomic E-state index is 0.144. The second kappa shape index (κ2) is 6.90. The molecule has 1 amide bonds. The maximum Gasteiger partial charge on any atom is 0.270 e. The molecule has 5 heterocycles. The number of H-pyrrole nitrogens is 1. The Morgan fingerprint density at radius 2 is 2.13 bits per heavy atom. The van der Waals surface area contributed by atoms with Crippen molar-refractivity contribution >= 4 is 17.1 Å². The predicted octanol–water partition coefficient (Wildman–Crippen LogP) is 2.64. The Bertz CT molecular complexity index is 1270. The molecular formula is C22H20FN7O. The number of halogens is 1. The Labute approximate surface area is 177 Å². The van der Waals surface area contributed by atoms with Crippen molar-refractivity contribution in [2.45, 2.75) is 31.3 Å². The number of aromatic amines is 1. The van der Waals surface area contributed by atoms with Crippen LogP contribution in [0.15, 0.2) is 49.1 Å². The fraction of sp³-hybridized carbons (Fsp3) is 0.273. The number of rotatable bonds is 4. The van der Waals surface area contributed by atoms with E-state index in [-0.39, 0.29) is 23.8 Å². The van der Waals surface area contributed by atoms with E-state index in [0.717, 1.165) is 36.3 Å². The minimum atomic E-state index is -0.321. The Morgan fingerprint density at radius 3 is 2.90 bits per heavy atom. The molecule has 1 atom stereocenters. The van der Waals surface area contributed by atoms with E-state index in [1.54, 1.807) is 41.4 Å². The lowest BCUT2D eigenvalue weighted by Crippen LogP contribution is -2.36. The van der Waals surface area contributed by atoms with Crippen molar-refractivity contribution < 1.29 is 9.18 Å². The van der Waals surface area contributed by atoms with Gasteiger partial charge in [0.2, 0.25) is 0 Å². The first kappa shape index (κ1) is 18.1. The van der Waals surface area contributed by atoms with Crippen LogP contribution in [-0.4, -0.2) is 43.1 Å². The standard InChI is InChI=1S/C22H20FN7O/c23-15-2-1-8-30-19(15)10-18(28-30)21-20-16(25-12-26-20)7-9-29(21)14-5-6-17(24-11-14)22(31)27-13-3-4-13/h1-2,5-6,8,10-13,21H,3-4,7,9H2,(H,25,26)(H,27,31)/t21-/m0/s1. The number of nitrogens with zero attached hydrogens (tertiary/aromatic N) is 5. The van der Waals surface area contributed by atoms with E-state index in [9.17, 15) is 9.18 Å². The van der Waals surface area contributed by atoms with Crippen LogP contribution in [0.5, 0.6) is 0 Å². The SMILES string of the molecule is O=C(NC1CC1)c1ccc(N2CCc3[nH]cnc3[C@@H]2c2cc3c(F)cccn3n2)cn1. The summed E-state index contributed by atoms with van der Waals surface area (Å²) in [5.41, 5.74) is 4.30. The highest BCUT2D eigenvalue weighted by molar-refractivity contribution is 5.92. The number of anilines is 1. The van der Waals surface area contributed by atoms with Gasteiger partial charge in [0.05, 0.1) is 29.6 Å². The van der Waals surface area contributed by atoms with Crippen LogP contribution < -0.4 is 10.2 Å². The highest BCUT2D eigenvalue weighted by Gasteiger charge is 2.34. The van der Waals surface area contributed by atoms with Gasteiger partial charge in [-0.25, -0.2) is 18.9 Å². The van der Waals surface area contributed by atoms with Crippen molar-refractivity contribution in [1.82, 2.24) is 29.9 Å². The molecule has 4 aromatic heterocycles. The summed E-state index contributed by atoms with van der Waals surface area (Å²) < 4.78 is 15.8. The highest BCUT2D eigenvalue weighted by Crippen LogP contribution is 2.36. The molecule has 1 aliphatic carbocycles. The van der Waals surface area contributed by atoms with Gasteiger partial charge in [0.15, 0.2) is 0 Å². The molecule has 156 valence electrons. The molecule has 0 radical (unpaired) electrons. The molecule has 0 bridgehead atoms. The third kappa shape index (κ3) is 3.13. The number of imidazole rings is 1. The number of amides is 1. The molecule has 1 saturated carbocycles. The first-order chi connectivity index (χ1) is 15.2. The molecule has 4 aromatic rings. The van der Waals surface area contributed by atoms with Crippen LogP contribution >= 0.6 is 0 Å². The van der Waals surface area contributed by atoms with Gasteiger partial charge in [0, 0.05) is 30.9 Å². The third-order valence-corrected chi connectivity index (χ3v) is 5.90. The van der Waals surface area contributed by atoms with E-state index in [0.29, 0.717) is 23.4 Å². The Kier molecular flexibility index (Phi) is 4.02. The van der Waals surface area contributed by atoms with Gasteiger partial charge in [-0.05, 0) is 43.2 Å². The van der Waals surface area contributed by atoms with Crippen LogP contribution in [0.25, 0.3) is 5.52 Å². The summed E-state index contributed by atoms with van der Waals surface area (Å²) >= 11 is 0. The summed E-state index contributed by atoms with van der Waals surface area (Å²) in [7, 11) is 0. The van der Waals surface area contributed by atoms with E-state index in [4.69, 9.17) is 0 Å². The van der Waals surface area contributed by atoms with Crippen molar-refractivity contribution in [2.24, 2.45) is 0 Å². The summed E-state index contributed by atoms with van der Waals surface area (Å²) in [5, 5.41) is 7.59. The van der Waals surface area contributed by atoms with Crippen LogP contribution in [0.4, 0.5) is 10.1 Å². The highest BCUT2D eigenvalue weighted by atomic mass is 19.1. The quantitative estimate of drug-likeness (QED) is 0.533. The summed E-state index contributed by atoms with van der Waals surface area (Å²) in [6.07, 6.45) is 7.98. The molecule has 9 heteroatoms. The first-order valence-electron chi connectivity index (χ1n) is 10.4. The Balaban J connectivity index is 1.38. The van der Waals surface area contributed by atoms with Gasteiger partial charge in [-0.15, -0.1) is 0 Å². The van der Waals surface area contributed by atoms with E-state index in [1.807, 2.05) is 6.07 Å². The van der Waals surface area contributed by atoms with Crippen LogP contribution in [0.3, 0.4) is 0 Å². The molecule has 0 aromatic carbocycles. The lowest BCUT2D eigenvalue weighted by Gasteiger charge is -2.35. The molecule has 2 N–H and O–H groups in total. The maximum absolute atomic E-state index is 14.3. The smallest absolute Gasteiger partial charge is 0.270 e. The number of carbonyl (C=O) groups excluding carboxylic acids is 1. The molecule has 2 aliphatic rings. The molecule has 0 saturated heterocycles. The van der Waals surface area contributed by atoms with Gasteiger partial charge in [0.25, 0.3) is 5.91 Å². The third-order valence-electron chi connectivity index (χ3n) is 5.90. The van der Waals surface area contributed by atoms with Crippen molar-refractivity contribution in [3.63, 3.8) is 0 Å². The lowest BCUT2D eigenvalue weighted by atomic mass is 9.99. The number of carbonyl (C=O) groups is 1. The van der Waals surface area contributed by atoms with Crippen molar-refractivity contribution in [3.05, 3.63) is 77.6 Å². The van der Waals surface area contributed by atoms with Crippen LogP contribution in [0.1, 0.15) is 46.5 Å². The zero-order chi connectivity index (χ0) is 20.9. The molecule has 1 aliphatic heterocycles. The van der Waals surface area contributed by atoms with E-state index in [1.165, 1.54) is 6.07 Å². The molecule has 0 unspecified atom stereocenters. The van der Waals surface area contributed by atoms with Crippen LogP contribution in [-0.2, 0) is 6.42 Å². The number of hydrogen-bond acceptors (Lipinski definition) is 5. The minimum Gasteiger partial charge on any atom is -0.356 e. The molecule has 8 nitrogen and oxygen atoms in total. The van der Waals surface area contributed by atoms with Gasteiger partial charge in [0.1, 0.15) is 23.1 Å². The van der Waals surface area contributed by atoms with E-state index >= 15 is 0 Å². The first-order valence-corrected chi connectivity index (χ1v) is 10.4. The van der Waals surface area contributed by atoms with Crippen LogP contribution in [0, 0.1) is 5.82 Å². The Hall–Kier alpha value is -3.75. The maximum atomic E-state index is 14.3. The molecule has 31 heavy (non-hydrogen) atoms. The zero-order valence-electron chi connectivity index (χ0n) is 16.6. The zero-order valence-corrected chi connectivity index (χ0v) is 16.6. The number of fused-ring (bicyclic) bond motifs is 2. The summed E-state index contributed by atoms with van der Waals surface area (Å²) in [6, 6.07) is 8.46. The average molecular weight is 417 g/mol. The van der Waals surface area contributed by atoms with E-state index in [2.05, 4.69) is 30.3 Å². The summed E-state index contributed by atoms with van der Waals surface area (Å²) in [4.78, 5) is 26.6. The number of pyridine rings is 2. The van der Waals surface area contributed by atoms with Gasteiger partial charge < -0.3 is 15.2 Å². The number of aromatic nitrogens is 5. The van der Waals surface area contributed by atoms with Crippen molar-refractivity contribution in [2.75, 3.05) is 11.4 Å². The van der Waals surface area contributed by atoms with Crippen molar-refractivity contribution in [3.8, 4) is 0 Å². The van der Waals surface area contributed by atoms with Gasteiger partial charge in [-0.3, -0.25) is 4.79 Å². The second-order valence-corrected chi connectivity index (χ2v) is 8.02. The molecular weight excluding hydrogens is 397 g/mol. The largest absolute Gasteiger partial charge is 0.356 e. The molecule has 1 fully saturated rings. The van der Waals surface area contributed by atoms with Gasteiger partial charge in [-0.2, -0.15) is 5.10 Å². The number of nitrogens with one attached hydrogen (secondary N) is 2. The van der Waals surface area contributed by atoms with Crippen molar-refractivity contribution in [1.29, 1.82) is 0 Å². The fourth-order valence-corrected chi connectivity index (χ4v) is 4.17. The second-order valence-electron chi connectivity index (χ2n) is 8.02. The monoisotopic (exact) mass is 417 g/mol. The molecule has 0 spiro atoms. The van der Waals surface area contributed by atoms with Crippen LogP contribution in [0.2, 0.25) is 0 Å². The predicted molar refractivity (Wildman–Crippen MR) is 111 cm³/mol.